The van der Waals surface area contributed by atoms with E-state index in [-0.39, 0.29) is 5.69 Å². The normalized spacial score (nSPS) is 10.3. The van der Waals surface area contributed by atoms with E-state index in [4.69, 9.17) is 0 Å². The van der Waals surface area contributed by atoms with E-state index in [1.54, 1.807) is 6.07 Å². The SMILES string of the molecule is Cc1ccc(Nc2cccc(F)c2[N+](=O)[O-])cc1C. The molecule has 0 saturated carbocycles. The maximum atomic E-state index is 13.5. The van der Waals surface area contributed by atoms with Crippen molar-refractivity contribution in [1.82, 2.24) is 0 Å². The van der Waals surface area contributed by atoms with Crippen LogP contribution in [0.15, 0.2) is 36.4 Å². The second kappa shape index (κ2) is 5.06. The molecule has 4 nitrogen and oxygen atoms in total. The smallest absolute Gasteiger partial charge is 0.327 e. The second-order valence-corrected chi connectivity index (χ2v) is 4.32. The van der Waals surface area contributed by atoms with Crippen LogP contribution in [0.25, 0.3) is 0 Å². The van der Waals surface area contributed by atoms with Crippen LogP contribution in [-0.2, 0) is 0 Å². The number of hydrogen-bond donors (Lipinski definition) is 1. The molecule has 0 heterocycles. The number of benzene rings is 2. The minimum absolute atomic E-state index is 0.147. The maximum absolute atomic E-state index is 13.5. The van der Waals surface area contributed by atoms with Gasteiger partial charge in [-0.1, -0.05) is 12.1 Å². The van der Waals surface area contributed by atoms with Crippen molar-refractivity contribution in [2.75, 3.05) is 5.32 Å². The largest absolute Gasteiger partial charge is 0.350 e. The van der Waals surface area contributed by atoms with E-state index in [0.717, 1.165) is 17.2 Å². The number of aryl methyl sites for hydroxylation is 2. The summed E-state index contributed by atoms with van der Waals surface area (Å²) in [5.41, 5.74) is 2.48. The summed E-state index contributed by atoms with van der Waals surface area (Å²) in [6.45, 7) is 3.92. The van der Waals surface area contributed by atoms with Crippen molar-refractivity contribution in [1.29, 1.82) is 0 Å². The van der Waals surface area contributed by atoms with Crippen LogP contribution in [0.4, 0.5) is 21.5 Å². The summed E-state index contributed by atoms with van der Waals surface area (Å²) in [6.07, 6.45) is 0. The lowest BCUT2D eigenvalue weighted by molar-refractivity contribution is -0.386. The van der Waals surface area contributed by atoms with Gasteiger partial charge in [-0.25, -0.2) is 0 Å². The molecule has 0 unspecified atom stereocenters. The van der Waals surface area contributed by atoms with Crippen LogP contribution in [0.5, 0.6) is 0 Å². The molecule has 2 rings (SSSR count). The van der Waals surface area contributed by atoms with Crippen LogP contribution in [0.3, 0.4) is 0 Å². The Kier molecular flexibility index (Phi) is 3.46. The van der Waals surface area contributed by atoms with Gasteiger partial charge in [0.25, 0.3) is 0 Å². The van der Waals surface area contributed by atoms with Crippen molar-refractivity contribution in [3.05, 3.63) is 63.5 Å². The van der Waals surface area contributed by atoms with E-state index in [9.17, 15) is 14.5 Å². The zero-order valence-electron chi connectivity index (χ0n) is 10.6. The number of nitro benzene ring substituents is 1. The number of nitrogens with zero attached hydrogens (tertiary/aromatic N) is 1. The predicted molar refractivity (Wildman–Crippen MR) is 72.3 cm³/mol. The second-order valence-electron chi connectivity index (χ2n) is 4.32. The average molecular weight is 260 g/mol. The molecule has 0 fully saturated rings. The Morgan fingerprint density at radius 3 is 2.53 bits per heavy atom. The highest BCUT2D eigenvalue weighted by Crippen LogP contribution is 2.30. The number of nitro groups is 1. The molecule has 0 aliphatic heterocycles. The van der Waals surface area contributed by atoms with Crippen LogP contribution in [-0.4, -0.2) is 4.92 Å². The van der Waals surface area contributed by atoms with Crippen molar-refractivity contribution in [3.63, 3.8) is 0 Å². The Bertz CT molecular complexity index is 641. The highest BCUT2D eigenvalue weighted by atomic mass is 19.1. The zero-order valence-corrected chi connectivity index (χ0v) is 10.6. The molecule has 2 aromatic carbocycles. The molecule has 0 aliphatic rings. The number of halogens is 1. The predicted octanol–water partition coefficient (Wildman–Crippen LogP) is 4.09. The minimum Gasteiger partial charge on any atom is -0.350 e. The van der Waals surface area contributed by atoms with Crippen molar-refractivity contribution in [2.24, 2.45) is 0 Å². The average Bonchev–Trinajstić information content (AvgIpc) is 2.33. The fourth-order valence-corrected chi connectivity index (χ4v) is 1.78. The molecule has 0 atom stereocenters. The molecule has 2 aromatic rings. The molecule has 0 aliphatic carbocycles. The zero-order chi connectivity index (χ0) is 14.0. The number of hydrogen-bond acceptors (Lipinski definition) is 3. The summed E-state index contributed by atoms with van der Waals surface area (Å²) >= 11 is 0. The van der Waals surface area contributed by atoms with Crippen molar-refractivity contribution in [3.8, 4) is 0 Å². The van der Waals surface area contributed by atoms with Gasteiger partial charge in [-0.2, -0.15) is 4.39 Å². The van der Waals surface area contributed by atoms with E-state index in [1.807, 2.05) is 26.0 Å². The molecule has 19 heavy (non-hydrogen) atoms. The van der Waals surface area contributed by atoms with Gasteiger partial charge < -0.3 is 5.32 Å². The molecule has 0 spiro atoms. The quantitative estimate of drug-likeness (QED) is 0.667. The lowest BCUT2D eigenvalue weighted by atomic mass is 10.1. The Balaban J connectivity index is 2.40. The van der Waals surface area contributed by atoms with Crippen LogP contribution < -0.4 is 5.32 Å². The molecular formula is C14H13FN2O2. The third-order valence-electron chi connectivity index (χ3n) is 2.96. The van der Waals surface area contributed by atoms with Gasteiger partial charge in [0.1, 0.15) is 5.69 Å². The number of anilines is 2. The van der Waals surface area contributed by atoms with Gasteiger partial charge in [-0.15, -0.1) is 0 Å². The van der Waals surface area contributed by atoms with E-state index in [0.29, 0.717) is 5.69 Å². The molecule has 0 bridgehead atoms. The van der Waals surface area contributed by atoms with Gasteiger partial charge in [0.15, 0.2) is 0 Å². The first-order valence-electron chi connectivity index (χ1n) is 5.76. The van der Waals surface area contributed by atoms with Crippen LogP contribution in [0, 0.1) is 29.8 Å². The topological polar surface area (TPSA) is 55.2 Å². The maximum Gasteiger partial charge on any atom is 0.327 e. The summed E-state index contributed by atoms with van der Waals surface area (Å²) < 4.78 is 13.5. The highest BCUT2D eigenvalue weighted by Gasteiger charge is 2.19. The molecular weight excluding hydrogens is 247 g/mol. The molecule has 1 N–H and O–H groups in total. The molecule has 0 amide bonds. The third kappa shape index (κ3) is 2.70. The highest BCUT2D eigenvalue weighted by molar-refractivity contribution is 5.70. The van der Waals surface area contributed by atoms with Gasteiger partial charge >= 0.3 is 5.69 Å². The van der Waals surface area contributed by atoms with Crippen molar-refractivity contribution in [2.45, 2.75) is 13.8 Å². The molecule has 5 heteroatoms. The Hall–Kier alpha value is -2.43. The van der Waals surface area contributed by atoms with E-state index < -0.39 is 16.4 Å². The summed E-state index contributed by atoms with van der Waals surface area (Å²) in [5, 5.41) is 13.8. The molecule has 0 saturated heterocycles. The van der Waals surface area contributed by atoms with Gasteiger partial charge in [0.05, 0.1) is 4.92 Å². The summed E-state index contributed by atoms with van der Waals surface area (Å²) in [7, 11) is 0. The first-order valence-corrected chi connectivity index (χ1v) is 5.76. The Morgan fingerprint density at radius 2 is 1.89 bits per heavy atom. The Labute approximate surface area is 110 Å². The van der Waals surface area contributed by atoms with Gasteiger partial charge in [-0.3, -0.25) is 10.1 Å². The summed E-state index contributed by atoms with van der Waals surface area (Å²) in [4.78, 5) is 10.2. The summed E-state index contributed by atoms with van der Waals surface area (Å²) in [5.74, 6) is -0.848. The van der Waals surface area contributed by atoms with Crippen LogP contribution >= 0.6 is 0 Å². The first kappa shape index (κ1) is 13.0. The van der Waals surface area contributed by atoms with Crippen molar-refractivity contribution >= 4 is 17.1 Å². The summed E-state index contributed by atoms with van der Waals surface area (Å²) in [6, 6.07) is 9.57. The number of rotatable bonds is 3. The van der Waals surface area contributed by atoms with Gasteiger partial charge in [0.2, 0.25) is 5.82 Å². The Morgan fingerprint density at radius 1 is 1.16 bits per heavy atom. The third-order valence-corrected chi connectivity index (χ3v) is 2.96. The van der Waals surface area contributed by atoms with Crippen LogP contribution in [0.2, 0.25) is 0 Å². The number of nitrogens with one attached hydrogen (secondary N) is 1. The van der Waals surface area contributed by atoms with E-state index in [2.05, 4.69) is 5.32 Å². The molecule has 0 aromatic heterocycles. The monoisotopic (exact) mass is 260 g/mol. The lowest BCUT2D eigenvalue weighted by Gasteiger charge is -2.09. The van der Waals surface area contributed by atoms with Crippen molar-refractivity contribution < 1.29 is 9.31 Å². The van der Waals surface area contributed by atoms with Crippen LogP contribution in [0.1, 0.15) is 11.1 Å². The molecule has 0 radical (unpaired) electrons. The fourth-order valence-electron chi connectivity index (χ4n) is 1.78. The fraction of sp³-hybridized carbons (Fsp3) is 0.143. The first-order chi connectivity index (χ1) is 8.99. The molecule has 98 valence electrons. The van der Waals surface area contributed by atoms with E-state index in [1.165, 1.54) is 12.1 Å². The van der Waals surface area contributed by atoms with Gasteiger partial charge in [0, 0.05) is 5.69 Å². The standard InChI is InChI=1S/C14H13FN2O2/c1-9-6-7-11(8-10(9)2)16-13-5-3-4-12(15)14(13)17(18)19/h3-8,16H,1-2H3. The van der Waals surface area contributed by atoms with E-state index >= 15 is 0 Å². The van der Waals surface area contributed by atoms with Gasteiger partial charge in [-0.05, 0) is 49.2 Å². The minimum atomic E-state index is -0.848. The number of para-hydroxylation sites is 1. The lowest BCUT2D eigenvalue weighted by Crippen LogP contribution is -1.99.